The molecule has 3 amide bonds. The van der Waals surface area contributed by atoms with Crippen molar-refractivity contribution in [2.75, 3.05) is 13.7 Å². The zero-order valence-corrected chi connectivity index (χ0v) is 11.1. The van der Waals surface area contributed by atoms with Gasteiger partial charge in [0, 0.05) is 13.5 Å². The monoisotopic (exact) mass is 275 g/mol. The van der Waals surface area contributed by atoms with Crippen LogP contribution in [-0.2, 0) is 14.3 Å². The Labute approximate surface area is 111 Å². The van der Waals surface area contributed by atoms with Crippen molar-refractivity contribution in [1.82, 2.24) is 10.6 Å². The van der Waals surface area contributed by atoms with Gasteiger partial charge in [-0.25, -0.2) is 9.59 Å². The number of hydrogen-bond donors (Lipinski definition) is 4. The van der Waals surface area contributed by atoms with E-state index in [1.807, 2.05) is 6.92 Å². The summed E-state index contributed by atoms with van der Waals surface area (Å²) in [6.07, 6.45) is 0.506. The fourth-order valence-electron chi connectivity index (χ4n) is 1.39. The van der Waals surface area contributed by atoms with Crippen LogP contribution in [0.2, 0.25) is 0 Å². The minimum absolute atomic E-state index is 0.0425. The third kappa shape index (κ3) is 7.98. The number of primary amides is 1. The van der Waals surface area contributed by atoms with E-state index in [-0.39, 0.29) is 18.9 Å². The predicted molar refractivity (Wildman–Crippen MR) is 67.5 cm³/mol. The topological polar surface area (TPSA) is 131 Å². The quantitative estimate of drug-likeness (QED) is 0.447. The molecule has 0 aromatic heterocycles. The summed E-state index contributed by atoms with van der Waals surface area (Å²) in [6.45, 7) is 2.20. The maximum absolute atomic E-state index is 11.6. The minimum Gasteiger partial charge on any atom is -0.480 e. The molecule has 1 unspecified atom stereocenters. The Morgan fingerprint density at radius 3 is 2.37 bits per heavy atom. The van der Waals surface area contributed by atoms with Gasteiger partial charge in [-0.2, -0.15) is 0 Å². The summed E-state index contributed by atoms with van der Waals surface area (Å²) in [6, 6.07) is -1.95. The SMILES string of the molecule is CCC(COC)NC(=O)N[C@H](CCC(N)=O)C(=O)O. The Balaban J connectivity index is 4.30. The lowest BCUT2D eigenvalue weighted by Crippen LogP contribution is -2.50. The van der Waals surface area contributed by atoms with Crippen LogP contribution < -0.4 is 16.4 Å². The summed E-state index contributed by atoms with van der Waals surface area (Å²) in [7, 11) is 1.51. The number of carboxylic acids is 1. The number of nitrogens with two attached hydrogens (primary N) is 1. The molecule has 0 bridgehead atoms. The number of methoxy groups -OCH3 is 1. The summed E-state index contributed by atoms with van der Waals surface area (Å²) in [5.74, 6) is -1.82. The third-order valence-electron chi connectivity index (χ3n) is 2.48. The molecule has 2 atom stereocenters. The number of aliphatic carboxylic acids is 1. The largest absolute Gasteiger partial charge is 0.480 e. The normalized spacial score (nSPS) is 13.4. The summed E-state index contributed by atoms with van der Waals surface area (Å²) in [4.78, 5) is 33.1. The maximum atomic E-state index is 11.6. The summed E-state index contributed by atoms with van der Waals surface area (Å²) >= 11 is 0. The van der Waals surface area contributed by atoms with E-state index in [1.54, 1.807) is 0 Å². The van der Waals surface area contributed by atoms with Crippen LogP contribution in [0.15, 0.2) is 0 Å². The zero-order chi connectivity index (χ0) is 14.8. The molecule has 0 fully saturated rings. The van der Waals surface area contributed by atoms with Gasteiger partial charge in [-0.05, 0) is 12.8 Å². The molecule has 0 rings (SSSR count). The molecule has 0 spiro atoms. The molecule has 0 radical (unpaired) electrons. The highest BCUT2D eigenvalue weighted by Gasteiger charge is 2.21. The van der Waals surface area contributed by atoms with E-state index in [0.29, 0.717) is 13.0 Å². The molecule has 0 aliphatic heterocycles. The van der Waals surface area contributed by atoms with Gasteiger partial charge in [-0.15, -0.1) is 0 Å². The number of rotatable bonds is 9. The van der Waals surface area contributed by atoms with Gasteiger partial charge in [0.1, 0.15) is 6.04 Å². The standard InChI is InChI=1S/C11H21N3O5/c1-3-7(6-19-2)13-11(18)14-8(10(16)17)4-5-9(12)15/h7-8H,3-6H2,1-2H3,(H2,12,15)(H,16,17)(H2,13,14,18)/t7?,8-/m1/s1. The Bertz CT molecular complexity index is 321. The number of carboxylic acid groups (broad SMARTS) is 1. The van der Waals surface area contributed by atoms with Gasteiger partial charge in [0.2, 0.25) is 5.91 Å². The number of carbonyl (C=O) groups excluding carboxylic acids is 2. The first-order valence-electron chi connectivity index (χ1n) is 5.97. The van der Waals surface area contributed by atoms with Crippen molar-refractivity contribution in [1.29, 1.82) is 0 Å². The zero-order valence-electron chi connectivity index (χ0n) is 11.1. The van der Waals surface area contributed by atoms with Crippen LogP contribution >= 0.6 is 0 Å². The lowest BCUT2D eigenvalue weighted by molar-refractivity contribution is -0.139. The first-order valence-corrected chi connectivity index (χ1v) is 5.97. The molecule has 5 N–H and O–H groups in total. The van der Waals surface area contributed by atoms with Crippen molar-refractivity contribution in [2.24, 2.45) is 5.73 Å². The smallest absolute Gasteiger partial charge is 0.326 e. The number of amides is 3. The van der Waals surface area contributed by atoms with Crippen LogP contribution in [0, 0.1) is 0 Å². The molecule has 0 aromatic rings. The molecule has 8 nitrogen and oxygen atoms in total. The van der Waals surface area contributed by atoms with E-state index in [9.17, 15) is 14.4 Å². The van der Waals surface area contributed by atoms with Crippen molar-refractivity contribution in [3.05, 3.63) is 0 Å². The molecule has 19 heavy (non-hydrogen) atoms. The average Bonchev–Trinajstić information content (AvgIpc) is 2.33. The summed E-state index contributed by atoms with van der Waals surface area (Å²) in [5, 5.41) is 13.8. The molecular weight excluding hydrogens is 254 g/mol. The van der Waals surface area contributed by atoms with E-state index >= 15 is 0 Å². The Kier molecular flexibility index (Phi) is 8.27. The molecule has 0 saturated carbocycles. The van der Waals surface area contributed by atoms with Crippen molar-refractivity contribution in [3.63, 3.8) is 0 Å². The van der Waals surface area contributed by atoms with E-state index < -0.39 is 23.9 Å². The highest BCUT2D eigenvalue weighted by molar-refractivity contribution is 5.83. The van der Waals surface area contributed by atoms with Crippen LogP contribution in [0.5, 0.6) is 0 Å². The van der Waals surface area contributed by atoms with E-state index in [4.69, 9.17) is 15.6 Å². The molecule has 0 aliphatic rings. The van der Waals surface area contributed by atoms with Gasteiger partial charge in [0.15, 0.2) is 0 Å². The second-order valence-corrected chi connectivity index (χ2v) is 4.07. The molecule has 8 heteroatoms. The predicted octanol–water partition coefficient (Wildman–Crippen LogP) is -0.571. The Morgan fingerprint density at radius 1 is 1.32 bits per heavy atom. The molecule has 0 heterocycles. The van der Waals surface area contributed by atoms with Gasteiger partial charge in [-0.1, -0.05) is 6.92 Å². The Hall–Kier alpha value is -1.83. The maximum Gasteiger partial charge on any atom is 0.326 e. The molecule has 110 valence electrons. The highest BCUT2D eigenvalue weighted by atomic mass is 16.5. The number of nitrogens with one attached hydrogen (secondary N) is 2. The second-order valence-electron chi connectivity index (χ2n) is 4.07. The first-order chi connectivity index (χ1) is 8.90. The van der Waals surface area contributed by atoms with Crippen molar-refractivity contribution in [3.8, 4) is 0 Å². The van der Waals surface area contributed by atoms with Crippen LogP contribution in [0.1, 0.15) is 26.2 Å². The molecule has 0 aromatic carbocycles. The summed E-state index contributed by atoms with van der Waals surface area (Å²) in [5.41, 5.74) is 4.94. The minimum atomic E-state index is -1.21. The number of ether oxygens (including phenoxy) is 1. The van der Waals surface area contributed by atoms with Crippen molar-refractivity contribution >= 4 is 17.9 Å². The van der Waals surface area contributed by atoms with Crippen LogP contribution in [0.4, 0.5) is 4.79 Å². The van der Waals surface area contributed by atoms with Crippen LogP contribution in [0.3, 0.4) is 0 Å². The van der Waals surface area contributed by atoms with E-state index in [1.165, 1.54) is 7.11 Å². The van der Waals surface area contributed by atoms with Crippen molar-refractivity contribution < 1.29 is 24.2 Å². The number of urea groups is 1. The lowest BCUT2D eigenvalue weighted by atomic mass is 10.1. The van der Waals surface area contributed by atoms with E-state index in [2.05, 4.69) is 10.6 Å². The first kappa shape index (κ1) is 17.2. The van der Waals surface area contributed by atoms with Crippen molar-refractivity contribution in [2.45, 2.75) is 38.3 Å². The highest BCUT2D eigenvalue weighted by Crippen LogP contribution is 1.98. The second kappa shape index (κ2) is 9.15. The molecular formula is C11H21N3O5. The number of carbonyl (C=O) groups is 3. The van der Waals surface area contributed by atoms with Gasteiger partial charge in [0.25, 0.3) is 0 Å². The molecule has 0 aliphatic carbocycles. The fraction of sp³-hybridized carbons (Fsp3) is 0.727. The van der Waals surface area contributed by atoms with Gasteiger partial charge < -0.3 is 26.2 Å². The van der Waals surface area contributed by atoms with Gasteiger partial charge in [0.05, 0.1) is 12.6 Å². The van der Waals surface area contributed by atoms with Gasteiger partial charge >= 0.3 is 12.0 Å². The Morgan fingerprint density at radius 2 is 1.95 bits per heavy atom. The van der Waals surface area contributed by atoms with Crippen LogP contribution in [-0.4, -0.2) is 48.8 Å². The van der Waals surface area contributed by atoms with Gasteiger partial charge in [-0.3, -0.25) is 4.79 Å². The molecule has 0 saturated heterocycles. The average molecular weight is 275 g/mol. The fourth-order valence-corrected chi connectivity index (χ4v) is 1.39. The van der Waals surface area contributed by atoms with Crippen LogP contribution in [0.25, 0.3) is 0 Å². The lowest BCUT2D eigenvalue weighted by Gasteiger charge is -2.19. The number of hydrogen-bond acceptors (Lipinski definition) is 4. The summed E-state index contributed by atoms with van der Waals surface area (Å²) < 4.78 is 4.91. The third-order valence-corrected chi connectivity index (χ3v) is 2.48. The van der Waals surface area contributed by atoms with E-state index in [0.717, 1.165) is 0 Å².